The number of hydrogen-bond acceptors (Lipinski definition) is 6. The van der Waals surface area contributed by atoms with Gasteiger partial charge in [-0.3, -0.25) is 24.3 Å². The van der Waals surface area contributed by atoms with Crippen LogP contribution in [0.3, 0.4) is 0 Å². The molecular formula is C23H24N4O6. The van der Waals surface area contributed by atoms with Crippen molar-refractivity contribution < 1.29 is 18.9 Å². The molecule has 1 fully saturated rings. The van der Waals surface area contributed by atoms with Crippen LogP contribution in [0.25, 0.3) is 11.1 Å². The van der Waals surface area contributed by atoms with Crippen molar-refractivity contribution in [1.29, 1.82) is 0 Å². The number of aromatic nitrogens is 1. The maximum absolute atomic E-state index is 12.6. The van der Waals surface area contributed by atoms with Gasteiger partial charge in [-0.25, -0.2) is 4.79 Å². The molecule has 0 aliphatic carbocycles. The first-order chi connectivity index (χ1) is 15.9. The highest BCUT2D eigenvalue weighted by atomic mass is 16.6. The number of amides is 2. The number of nitrogens with zero attached hydrogens (tertiary/aromatic N) is 3. The lowest BCUT2D eigenvalue weighted by molar-refractivity contribution is -0.384. The first-order valence-corrected chi connectivity index (χ1v) is 10.8. The van der Waals surface area contributed by atoms with Crippen LogP contribution in [0.15, 0.2) is 57.7 Å². The minimum absolute atomic E-state index is 0.000627. The smallest absolute Gasteiger partial charge is 0.407 e. The Hall–Kier alpha value is -3.95. The molecule has 0 saturated carbocycles. The zero-order valence-electron chi connectivity index (χ0n) is 17.9. The molecule has 1 aliphatic heterocycles. The zero-order chi connectivity index (χ0) is 23.4. The Bertz CT molecular complexity index is 1220. The van der Waals surface area contributed by atoms with Gasteiger partial charge in [0.2, 0.25) is 5.91 Å². The summed E-state index contributed by atoms with van der Waals surface area (Å²) in [7, 11) is 0. The van der Waals surface area contributed by atoms with E-state index in [1.54, 1.807) is 17.0 Å². The summed E-state index contributed by atoms with van der Waals surface area (Å²) >= 11 is 0. The summed E-state index contributed by atoms with van der Waals surface area (Å²) < 4.78 is 6.50. The maximum atomic E-state index is 12.6. The van der Waals surface area contributed by atoms with Crippen LogP contribution in [0.2, 0.25) is 0 Å². The number of likely N-dealkylation sites (tertiary alicyclic amines) is 1. The van der Waals surface area contributed by atoms with Gasteiger partial charge < -0.3 is 14.6 Å². The number of rotatable bonds is 7. The van der Waals surface area contributed by atoms with Crippen molar-refractivity contribution in [1.82, 2.24) is 14.8 Å². The third-order valence-corrected chi connectivity index (χ3v) is 5.85. The van der Waals surface area contributed by atoms with E-state index in [9.17, 15) is 24.5 Å². The van der Waals surface area contributed by atoms with E-state index in [0.29, 0.717) is 43.4 Å². The second kappa shape index (κ2) is 9.68. The van der Waals surface area contributed by atoms with Gasteiger partial charge in [0.1, 0.15) is 0 Å². The molecule has 0 bridgehead atoms. The second-order valence-corrected chi connectivity index (χ2v) is 8.03. The van der Waals surface area contributed by atoms with Gasteiger partial charge in [-0.05, 0) is 37.5 Å². The Morgan fingerprint density at radius 1 is 1.12 bits per heavy atom. The molecule has 3 aromatic rings. The number of benzene rings is 2. The molecule has 0 radical (unpaired) electrons. The summed E-state index contributed by atoms with van der Waals surface area (Å²) in [5.74, 6) is -0.712. The first kappa shape index (κ1) is 22.3. The number of nitrogens with one attached hydrogen (secondary N) is 1. The standard InChI is InChI=1S/C23H24N4O6/c28-21(25-13-10-17(11-14-25)24-22(29)16-5-2-1-3-6-16)7-4-12-26-19-9-8-18(27(31)32)15-20(19)33-23(26)30/h1-3,5-6,8-9,15,17H,4,7,10-14H2,(H,24,29). The minimum atomic E-state index is -0.604. The lowest BCUT2D eigenvalue weighted by Crippen LogP contribution is -2.46. The van der Waals surface area contributed by atoms with Crippen molar-refractivity contribution in [3.05, 3.63) is 74.8 Å². The summed E-state index contributed by atoms with van der Waals surface area (Å²) in [6.45, 7) is 1.41. The van der Waals surface area contributed by atoms with E-state index < -0.39 is 10.7 Å². The second-order valence-electron chi connectivity index (χ2n) is 8.03. The fraction of sp³-hybridized carbons (Fsp3) is 0.348. The molecule has 1 aromatic heterocycles. The van der Waals surface area contributed by atoms with Gasteiger partial charge in [-0.1, -0.05) is 18.2 Å². The van der Waals surface area contributed by atoms with Crippen LogP contribution in [0.5, 0.6) is 0 Å². The number of oxazole rings is 1. The molecule has 1 aliphatic rings. The molecule has 0 spiro atoms. The van der Waals surface area contributed by atoms with Crippen LogP contribution in [0, 0.1) is 10.1 Å². The fourth-order valence-electron chi connectivity index (χ4n) is 4.06. The van der Waals surface area contributed by atoms with Gasteiger partial charge in [0.25, 0.3) is 11.6 Å². The molecule has 172 valence electrons. The molecule has 33 heavy (non-hydrogen) atoms. The van der Waals surface area contributed by atoms with E-state index in [4.69, 9.17) is 4.42 Å². The molecule has 2 heterocycles. The molecule has 10 nitrogen and oxygen atoms in total. The quantitative estimate of drug-likeness (QED) is 0.434. The average molecular weight is 452 g/mol. The monoisotopic (exact) mass is 452 g/mol. The summed E-state index contributed by atoms with van der Waals surface area (Å²) in [5, 5.41) is 13.9. The van der Waals surface area contributed by atoms with Crippen molar-refractivity contribution in [3.8, 4) is 0 Å². The number of aryl methyl sites for hydroxylation is 1. The van der Waals surface area contributed by atoms with E-state index >= 15 is 0 Å². The highest BCUT2D eigenvalue weighted by Gasteiger charge is 2.24. The first-order valence-electron chi connectivity index (χ1n) is 10.8. The summed E-state index contributed by atoms with van der Waals surface area (Å²) in [6.07, 6.45) is 2.09. The molecule has 2 amide bonds. The fourth-order valence-corrected chi connectivity index (χ4v) is 4.06. The van der Waals surface area contributed by atoms with Crippen LogP contribution in [0.1, 0.15) is 36.0 Å². The molecule has 1 saturated heterocycles. The van der Waals surface area contributed by atoms with E-state index in [1.807, 2.05) is 18.2 Å². The van der Waals surface area contributed by atoms with Gasteiger partial charge in [0, 0.05) is 43.7 Å². The predicted octanol–water partition coefficient (Wildman–Crippen LogP) is 2.70. The Morgan fingerprint density at radius 3 is 2.55 bits per heavy atom. The van der Waals surface area contributed by atoms with E-state index in [1.165, 1.54) is 22.8 Å². The van der Waals surface area contributed by atoms with Crippen LogP contribution >= 0.6 is 0 Å². The number of nitro groups is 1. The summed E-state index contributed by atoms with van der Waals surface area (Å²) in [5.41, 5.74) is 1.09. The Kier molecular flexibility index (Phi) is 6.53. The molecule has 0 unspecified atom stereocenters. The number of fused-ring (bicyclic) bond motifs is 1. The zero-order valence-corrected chi connectivity index (χ0v) is 17.9. The number of piperidine rings is 1. The Balaban J connectivity index is 1.26. The molecular weight excluding hydrogens is 428 g/mol. The third kappa shape index (κ3) is 5.11. The molecule has 10 heteroatoms. The van der Waals surface area contributed by atoms with Crippen LogP contribution in [0.4, 0.5) is 5.69 Å². The average Bonchev–Trinajstić information content (AvgIpc) is 3.14. The Labute approximate surface area is 188 Å². The molecule has 0 atom stereocenters. The lowest BCUT2D eigenvalue weighted by Gasteiger charge is -2.32. The van der Waals surface area contributed by atoms with E-state index in [-0.39, 0.29) is 42.1 Å². The maximum Gasteiger partial charge on any atom is 0.419 e. The lowest BCUT2D eigenvalue weighted by atomic mass is 10.0. The van der Waals surface area contributed by atoms with Crippen molar-refractivity contribution in [2.75, 3.05) is 13.1 Å². The van der Waals surface area contributed by atoms with E-state index in [0.717, 1.165) is 0 Å². The van der Waals surface area contributed by atoms with Gasteiger partial charge in [0.15, 0.2) is 5.58 Å². The van der Waals surface area contributed by atoms with Crippen LogP contribution in [-0.4, -0.2) is 45.3 Å². The largest absolute Gasteiger partial charge is 0.419 e. The number of non-ortho nitro benzene ring substituents is 1. The summed E-state index contributed by atoms with van der Waals surface area (Å²) in [4.78, 5) is 49.1. The molecule has 4 rings (SSSR count). The van der Waals surface area contributed by atoms with Gasteiger partial charge in [-0.2, -0.15) is 0 Å². The minimum Gasteiger partial charge on any atom is -0.407 e. The molecule has 2 aromatic carbocycles. The SMILES string of the molecule is O=C(NC1CCN(C(=O)CCCn2c(=O)oc3cc([N+](=O)[O-])ccc32)CC1)c1ccccc1. The topological polar surface area (TPSA) is 128 Å². The van der Waals surface area contributed by atoms with E-state index in [2.05, 4.69) is 5.32 Å². The number of hydrogen-bond donors (Lipinski definition) is 1. The number of carbonyl (C=O) groups excluding carboxylic acids is 2. The Morgan fingerprint density at radius 2 is 1.85 bits per heavy atom. The predicted molar refractivity (Wildman–Crippen MR) is 120 cm³/mol. The number of carbonyl (C=O) groups is 2. The third-order valence-electron chi connectivity index (χ3n) is 5.85. The van der Waals surface area contributed by atoms with Gasteiger partial charge in [0.05, 0.1) is 16.5 Å². The van der Waals surface area contributed by atoms with Crippen molar-refractivity contribution in [2.45, 2.75) is 38.3 Å². The van der Waals surface area contributed by atoms with Gasteiger partial charge >= 0.3 is 5.76 Å². The number of nitro benzene ring substituents is 1. The van der Waals surface area contributed by atoms with Crippen LogP contribution < -0.4 is 11.1 Å². The normalized spacial score (nSPS) is 14.4. The van der Waals surface area contributed by atoms with Crippen molar-refractivity contribution in [2.24, 2.45) is 0 Å². The van der Waals surface area contributed by atoms with Gasteiger partial charge in [-0.15, -0.1) is 0 Å². The van der Waals surface area contributed by atoms with Crippen molar-refractivity contribution in [3.63, 3.8) is 0 Å². The highest BCUT2D eigenvalue weighted by molar-refractivity contribution is 5.94. The van der Waals surface area contributed by atoms with Crippen LogP contribution in [-0.2, 0) is 11.3 Å². The highest BCUT2D eigenvalue weighted by Crippen LogP contribution is 2.20. The van der Waals surface area contributed by atoms with Crippen molar-refractivity contribution >= 4 is 28.6 Å². The summed E-state index contributed by atoms with van der Waals surface area (Å²) in [6, 6.07) is 13.1. The molecule has 1 N–H and O–H groups in total.